The first-order valence-corrected chi connectivity index (χ1v) is 11.4. The number of nitrogens with zero attached hydrogens (tertiary/aromatic N) is 1. The van der Waals surface area contributed by atoms with Crippen LogP contribution in [0.1, 0.15) is 22.3 Å². The fraction of sp³-hybridized carbons (Fsp3) is 0.259. The van der Waals surface area contributed by atoms with Crippen LogP contribution in [0.25, 0.3) is 0 Å². The lowest BCUT2D eigenvalue weighted by atomic mass is 10.0. The zero-order valence-corrected chi connectivity index (χ0v) is 20.1. The van der Waals surface area contributed by atoms with Gasteiger partial charge in [0.15, 0.2) is 0 Å². The number of methoxy groups -OCH3 is 3. The third kappa shape index (κ3) is 5.48. The van der Waals surface area contributed by atoms with Crippen molar-refractivity contribution < 1.29 is 23.8 Å². The van der Waals surface area contributed by atoms with Crippen LogP contribution in [0.2, 0.25) is 0 Å². The highest BCUT2D eigenvalue weighted by molar-refractivity contribution is 6.05. The Kier molecular flexibility index (Phi) is 7.40. The zero-order chi connectivity index (χ0) is 24.8. The van der Waals surface area contributed by atoms with Crippen LogP contribution < -0.4 is 29.7 Å². The molecular weight excluding hydrogens is 446 g/mol. The maximum Gasteiger partial charge on any atom is 0.255 e. The van der Waals surface area contributed by atoms with E-state index in [2.05, 4.69) is 15.5 Å². The quantitative estimate of drug-likeness (QED) is 0.503. The molecule has 2 N–H and O–H groups in total. The average Bonchev–Trinajstić information content (AvgIpc) is 2.89. The number of aryl methyl sites for hydroxylation is 1. The number of hydrogen-bond acceptors (Lipinski definition) is 6. The van der Waals surface area contributed by atoms with Crippen molar-refractivity contribution in [3.05, 3.63) is 71.8 Å². The predicted octanol–water partition coefficient (Wildman–Crippen LogP) is 4.36. The molecule has 2 amide bonds. The topological polar surface area (TPSA) is 89.1 Å². The van der Waals surface area contributed by atoms with Crippen molar-refractivity contribution >= 4 is 28.9 Å². The van der Waals surface area contributed by atoms with Crippen molar-refractivity contribution in [2.24, 2.45) is 0 Å². The van der Waals surface area contributed by atoms with Gasteiger partial charge in [0.2, 0.25) is 5.91 Å². The van der Waals surface area contributed by atoms with Crippen LogP contribution in [0.15, 0.2) is 60.7 Å². The molecule has 0 spiro atoms. The van der Waals surface area contributed by atoms with Crippen LogP contribution in [0.3, 0.4) is 0 Å². The number of carbonyl (C=O) groups is 2. The number of amides is 2. The molecule has 0 bridgehead atoms. The summed E-state index contributed by atoms with van der Waals surface area (Å²) < 4.78 is 16.3. The molecule has 0 radical (unpaired) electrons. The van der Waals surface area contributed by atoms with E-state index in [4.69, 9.17) is 14.2 Å². The normalized spacial score (nSPS) is 12.4. The zero-order valence-electron chi connectivity index (χ0n) is 20.1. The molecule has 1 heterocycles. The average molecular weight is 476 g/mol. The summed E-state index contributed by atoms with van der Waals surface area (Å²) >= 11 is 0. The van der Waals surface area contributed by atoms with Gasteiger partial charge in [0.25, 0.3) is 5.91 Å². The van der Waals surface area contributed by atoms with Crippen LogP contribution in [-0.2, 0) is 11.2 Å². The van der Waals surface area contributed by atoms with Crippen molar-refractivity contribution in [2.45, 2.75) is 12.8 Å². The van der Waals surface area contributed by atoms with Crippen molar-refractivity contribution in [3.63, 3.8) is 0 Å². The summed E-state index contributed by atoms with van der Waals surface area (Å²) in [6, 6.07) is 18.1. The Hall–Kier alpha value is -4.20. The molecule has 0 fully saturated rings. The second-order valence-electron chi connectivity index (χ2n) is 8.14. The summed E-state index contributed by atoms with van der Waals surface area (Å²) in [7, 11) is 4.66. The van der Waals surface area contributed by atoms with E-state index in [9.17, 15) is 9.59 Å². The van der Waals surface area contributed by atoms with Crippen LogP contribution in [-0.4, -0.2) is 46.2 Å². The molecule has 3 aromatic rings. The van der Waals surface area contributed by atoms with Gasteiger partial charge in [-0.2, -0.15) is 0 Å². The predicted molar refractivity (Wildman–Crippen MR) is 136 cm³/mol. The molecule has 3 aromatic carbocycles. The van der Waals surface area contributed by atoms with Crippen LogP contribution in [0.4, 0.5) is 17.1 Å². The summed E-state index contributed by atoms with van der Waals surface area (Å²) in [5.74, 6) is 1.16. The summed E-state index contributed by atoms with van der Waals surface area (Å²) in [6.45, 7) is 0.981. The molecule has 1 aliphatic rings. The van der Waals surface area contributed by atoms with Gasteiger partial charge in [-0.15, -0.1) is 0 Å². The molecule has 8 heteroatoms. The van der Waals surface area contributed by atoms with Crippen LogP contribution in [0.5, 0.6) is 17.2 Å². The third-order valence-electron chi connectivity index (χ3n) is 5.92. The lowest BCUT2D eigenvalue weighted by molar-refractivity contribution is -0.115. The summed E-state index contributed by atoms with van der Waals surface area (Å²) in [5, 5.41) is 5.77. The lowest BCUT2D eigenvalue weighted by Gasteiger charge is -2.31. The molecule has 8 nitrogen and oxygen atoms in total. The van der Waals surface area contributed by atoms with E-state index in [0.717, 1.165) is 30.8 Å². The molecule has 0 unspecified atom stereocenters. The molecule has 35 heavy (non-hydrogen) atoms. The molecule has 182 valence electrons. The first-order chi connectivity index (χ1) is 17.0. The summed E-state index contributed by atoms with van der Waals surface area (Å²) in [4.78, 5) is 27.7. The molecule has 0 atom stereocenters. The van der Waals surface area contributed by atoms with Gasteiger partial charge < -0.3 is 29.7 Å². The largest absolute Gasteiger partial charge is 0.497 e. The highest BCUT2D eigenvalue weighted by Gasteiger charge is 2.21. The van der Waals surface area contributed by atoms with E-state index < -0.39 is 0 Å². The van der Waals surface area contributed by atoms with Gasteiger partial charge in [0, 0.05) is 29.9 Å². The van der Waals surface area contributed by atoms with Gasteiger partial charge in [0.1, 0.15) is 17.2 Å². The van der Waals surface area contributed by atoms with E-state index in [1.54, 1.807) is 43.5 Å². The Balaban J connectivity index is 1.50. The lowest BCUT2D eigenvalue weighted by Crippen LogP contribution is -2.36. The van der Waals surface area contributed by atoms with Crippen molar-refractivity contribution in [1.29, 1.82) is 0 Å². The second-order valence-corrected chi connectivity index (χ2v) is 8.14. The van der Waals surface area contributed by atoms with E-state index in [-0.39, 0.29) is 18.4 Å². The van der Waals surface area contributed by atoms with E-state index >= 15 is 0 Å². The first-order valence-electron chi connectivity index (χ1n) is 11.4. The Morgan fingerprint density at radius 2 is 1.54 bits per heavy atom. The number of rotatable bonds is 8. The second kappa shape index (κ2) is 10.8. The maximum absolute atomic E-state index is 13.0. The SMILES string of the molecule is COc1ccc2c(c1)CCCN2CC(=O)Nc1cc(OC)c(NC(=O)c2ccccc2)cc1OC. The smallest absolute Gasteiger partial charge is 0.255 e. The molecular formula is C27H29N3O5. The van der Waals surface area contributed by atoms with Gasteiger partial charge in [-0.05, 0) is 48.7 Å². The third-order valence-corrected chi connectivity index (χ3v) is 5.92. The minimum atomic E-state index is -0.275. The monoisotopic (exact) mass is 475 g/mol. The highest BCUT2D eigenvalue weighted by atomic mass is 16.5. The number of fused-ring (bicyclic) bond motifs is 1. The maximum atomic E-state index is 13.0. The first kappa shape index (κ1) is 23.9. The molecule has 1 aliphatic heterocycles. The minimum absolute atomic E-state index is 0.185. The van der Waals surface area contributed by atoms with Gasteiger partial charge in [-0.25, -0.2) is 0 Å². The van der Waals surface area contributed by atoms with E-state index in [1.807, 2.05) is 24.3 Å². The van der Waals surface area contributed by atoms with Crippen molar-refractivity contribution in [3.8, 4) is 17.2 Å². The number of benzene rings is 3. The fourth-order valence-corrected chi connectivity index (χ4v) is 4.18. The molecule has 0 aromatic heterocycles. The van der Waals surface area contributed by atoms with Gasteiger partial charge in [-0.3, -0.25) is 9.59 Å². The van der Waals surface area contributed by atoms with E-state index in [0.29, 0.717) is 28.4 Å². The van der Waals surface area contributed by atoms with Crippen molar-refractivity contribution in [1.82, 2.24) is 0 Å². The van der Waals surface area contributed by atoms with Crippen LogP contribution >= 0.6 is 0 Å². The number of hydrogen-bond donors (Lipinski definition) is 2. The highest BCUT2D eigenvalue weighted by Crippen LogP contribution is 2.37. The summed E-state index contributed by atoms with van der Waals surface area (Å²) in [6.07, 6.45) is 1.91. The molecule has 0 saturated carbocycles. The number of anilines is 3. The van der Waals surface area contributed by atoms with Gasteiger partial charge in [0.05, 0.1) is 39.2 Å². The molecule has 4 rings (SSSR count). The standard InChI is InChI=1S/C27H29N3O5/c1-33-20-11-12-23-19(14-20)10-7-13-30(23)17-26(31)28-21-15-25(35-3)22(16-24(21)34-2)29-27(32)18-8-5-4-6-9-18/h4-6,8-9,11-12,14-16H,7,10,13,17H2,1-3H3,(H,28,31)(H,29,32). The van der Waals surface area contributed by atoms with Crippen LogP contribution in [0, 0.1) is 0 Å². The molecule has 0 aliphatic carbocycles. The molecule has 0 saturated heterocycles. The number of ether oxygens (including phenoxy) is 3. The number of carbonyl (C=O) groups excluding carboxylic acids is 2. The number of nitrogens with one attached hydrogen (secondary N) is 2. The Morgan fingerprint density at radius 1 is 0.857 bits per heavy atom. The van der Waals surface area contributed by atoms with Crippen molar-refractivity contribution in [2.75, 3.05) is 50.0 Å². The van der Waals surface area contributed by atoms with E-state index in [1.165, 1.54) is 19.8 Å². The van der Waals surface area contributed by atoms with Gasteiger partial charge >= 0.3 is 0 Å². The Labute approximate surface area is 204 Å². The summed E-state index contributed by atoms with van der Waals surface area (Å²) in [5.41, 5.74) is 3.62. The fourth-order valence-electron chi connectivity index (χ4n) is 4.18. The Bertz CT molecular complexity index is 1210. The Morgan fingerprint density at radius 3 is 2.20 bits per heavy atom. The van der Waals surface area contributed by atoms with Gasteiger partial charge in [-0.1, -0.05) is 18.2 Å². The minimum Gasteiger partial charge on any atom is -0.497 e.